The average Bonchev–Trinajstić information content (AvgIpc) is 3.42. The Balaban J connectivity index is 1.35. The van der Waals surface area contributed by atoms with Gasteiger partial charge in [0.05, 0.1) is 5.52 Å². The van der Waals surface area contributed by atoms with Crippen LogP contribution in [0.2, 0.25) is 0 Å². The summed E-state index contributed by atoms with van der Waals surface area (Å²) in [4.78, 5) is 23.0. The first-order valence-electron chi connectivity index (χ1n) is 12.8. The fraction of sp³-hybridized carbons (Fsp3) is 0.241. The topological polar surface area (TPSA) is 98.8 Å². The van der Waals surface area contributed by atoms with Crippen LogP contribution in [0.15, 0.2) is 57.8 Å². The van der Waals surface area contributed by atoms with Gasteiger partial charge in [-0.3, -0.25) is 9.51 Å². The minimum Gasteiger partial charge on any atom is -0.488 e. The van der Waals surface area contributed by atoms with E-state index in [1.165, 1.54) is 18.2 Å². The number of H-pyrrole nitrogens is 1. The first kappa shape index (κ1) is 23.5. The molecule has 0 bridgehead atoms. The average molecular weight is 528 g/mol. The molecule has 10 heteroatoms. The van der Waals surface area contributed by atoms with E-state index >= 15 is 0 Å². The normalized spacial score (nSPS) is 16.3. The minimum absolute atomic E-state index is 0.221. The van der Waals surface area contributed by atoms with Crippen LogP contribution in [-0.4, -0.2) is 24.7 Å². The summed E-state index contributed by atoms with van der Waals surface area (Å²) in [5.74, 6) is 0.327. The largest absolute Gasteiger partial charge is 0.488 e. The van der Waals surface area contributed by atoms with E-state index in [2.05, 4.69) is 25.8 Å². The van der Waals surface area contributed by atoms with Gasteiger partial charge in [0.2, 0.25) is 5.95 Å². The summed E-state index contributed by atoms with van der Waals surface area (Å²) in [5, 5.41) is 3.87. The predicted molar refractivity (Wildman–Crippen MR) is 139 cm³/mol. The molecule has 39 heavy (non-hydrogen) atoms. The number of aromatic nitrogens is 5. The smallest absolute Gasteiger partial charge is 0.439 e. The van der Waals surface area contributed by atoms with Crippen molar-refractivity contribution in [1.82, 2.24) is 24.7 Å². The van der Waals surface area contributed by atoms with Crippen LogP contribution in [0.25, 0.3) is 22.3 Å². The van der Waals surface area contributed by atoms with Gasteiger partial charge in [0.1, 0.15) is 24.0 Å². The summed E-state index contributed by atoms with van der Waals surface area (Å²) < 4.78 is 41.0. The Morgan fingerprint density at radius 1 is 1.08 bits per heavy atom. The van der Waals surface area contributed by atoms with Crippen LogP contribution >= 0.6 is 0 Å². The van der Waals surface area contributed by atoms with E-state index in [1.807, 2.05) is 19.1 Å². The molecule has 1 N–H and O–H groups in total. The number of fused-ring (bicyclic) bond motifs is 3. The Morgan fingerprint density at radius 2 is 1.92 bits per heavy atom. The molecule has 3 aromatic heterocycles. The fourth-order valence-corrected chi connectivity index (χ4v) is 5.48. The molecule has 0 atom stereocenters. The number of imidazole rings is 1. The number of nitrogens with zero attached hydrogens (tertiary/aromatic N) is 4. The summed E-state index contributed by atoms with van der Waals surface area (Å²) in [6, 6.07) is 13.6. The molecule has 0 amide bonds. The SMILES string of the molecule is CC(=C1c2ccc(Cn3c(C4CCC4)nc4nc(F)ccc43)cc2COc2cc(F)ccc21)c1noc(=O)[nH]1. The lowest BCUT2D eigenvalue weighted by Gasteiger charge is -2.25. The summed E-state index contributed by atoms with van der Waals surface area (Å²) in [7, 11) is 0. The van der Waals surface area contributed by atoms with Crippen molar-refractivity contribution in [2.45, 2.75) is 45.3 Å². The van der Waals surface area contributed by atoms with Crippen LogP contribution in [-0.2, 0) is 13.2 Å². The monoisotopic (exact) mass is 527 g/mol. The second-order valence-electron chi connectivity index (χ2n) is 10.0. The molecule has 196 valence electrons. The molecule has 1 aliphatic carbocycles. The molecule has 5 aromatic rings. The van der Waals surface area contributed by atoms with E-state index in [4.69, 9.17) is 14.2 Å². The number of allylic oxidation sites excluding steroid dienone is 1. The van der Waals surface area contributed by atoms with Gasteiger partial charge >= 0.3 is 5.76 Å². The zero-order chi connectivity index (χ0) is 26.7. The molecule has 8 nitrogen and oxygen atoms in total. The van der Waals surface area contributed by atoms with Crippen LogP contribution < -0.4 is 10.5 Å². The molecule has 1 saturated carbocycles. The quantitative estimate of drug-likeness (QED) is 0.307. The van der Waals surface area contributed by atoms with Gasteiger partial charge in [-0.25, -0.2) is 14.2 Å². The maximum absolute atomic E-state index is 14.2. The van der Waals surface area contributed by atoms with Gasteiger partial charge in [-0.1, -0.05) is 23.7 Å². The van der Waals surface area contributed by atoms with Crippen molar-refractivity contribution in [3.05, 3.63) is 105 Å². The van der Waals surface area contributed by atoms with E-state index in [0.717, 1.165) is 52.9 Å². The summed E-state index contributed by atoms with van der Waals surface area (Å²) >= 11 is 0. The lowest BCUT2D eigenvalue weighted by atomic mass is 9.84. The third kappa shape index (κ3) is 4.03. The molecular weight excluding hydrogens is 504 g/mol. The van der Waals surface area contributed by atoms with E-state index in [1.54, 1.807) is 12.1 Å². The van der Waals surface area contributed by atoms with E-state index in [-0.39, 0.29) is 12.4 Å². The molecule has 2 aromatic carbocycles. The van der Waals surface area contributed by atoms with Crippen molar-refractivity contribution in [3.8, 4) is 5.75 Å². The van der Waals surface area contributed by atoms with Gasteiger partial charge in [0.15, 0.2) is 11.5 Å². The maximum atomic E-state index is 14.2. The number of hydrogen-bond acceptors (Lipinski definition) is 6. The van der Waals surface area contributed by atoms with Crippen LogP contribution in [0.4, 0.5) is 8.78 Å². The molecule has 0 spiro atoms. The Labute approximate surface area is 221 Å². The maximum Gasteiger partial charge on any atom is 0.439 e. The minimum atomic E-state index is -0.658. The molecule has 1 aliphatic heterocycles. The Morgan fingerprint density at radius 3 is 2.69 bits per heavy atom. The second-order valence-corrected chi connectivity index (χ2v) is 10.0. The molecule has 0 unspecified atom stereocenters. The number of nitrogens with one attached hydrogen (secondary N) is 1. The molecule has 0 saturated heterocycles. The molecule has 0 radical (unpaired) electrons. The number of rotatable bonds is 4. The lowest BCUT2D eigenvalue weighted by molar-refractivity contribution is 0.305. The zero-order valence-electron chi connectivity index (χ0n) is 21.0. The molecule has 4 heterocycles. The van der Waals surface area contributed by atoms with Gasteiger partial charge in [-0.05, 0) is 72.4 Å². The highest BCUT2D eigenvalue weighted by Crippen LogP contribution is 2.41. The number of ether oxygens (including phenoxy) is 1. The van der Waals surface area contributed by atoms with Crippen molar-refractivity contribution in [1.29, 1.82) is 0 Å². The molecular formula is C29H23F2N5O3. The van der Waals surface area contributed by atoms with E-state index in [9.17, 15) is 13.6 Å². The van der Waals surface area contributed by atoms with Gasteiger partial charge in [-0.2, -0.15) is 9.37 Å². The Kier molecular flexibility index (Phi) is 5.43. The Bertz CT molecular complexity index is 1850. The third-order valence-electron chi connectivity index (χ3n) is 7.63. The number of pyridine rings is 1. The molecule has 7 rings (SSSR count). The summed E-state index contributed by atoms with van der Waals surface area (Å²) in [6.45, 7) is 2.58. The highest BCUT2D eigenvalue weighted by atomic mass is 19.1. The van der Waals surface area contributed by atoms with Crippen LogP contribution in [0.1, 0.15) is 66.0 Å². The van der Waals surface area contributed by atoms with Crippen molar-refractivity contribution >= 4 is 22.3 Å². The first-order chi connectivity index (χ1) is 18.9. The first-order valence-corrected chi connectivity index (χ1v) is 12.8. The predicted octanol–water partition coefficient (Wildman–Crippen LogP) is 5.57. The van der Waals surface area contributed by atoms with Gasteiger partial charge in [0.25, 0.3) is 0 Å². The summed E-state index contributed by atoms with van der Waals surface area (Å²) in [6.07, 6.45) is 3.25. The fourth-order valence-electron chi connectivity index (χ4n) is 5.48. The zero-order valence-corrected chi connectivity index (χ0v) is 21.0. The van der Waals surface area contributed by atoms with Crippen LogP contribution in [0, 0.1) is 11.8 Å². The highest BCUT2D eigenvalue weighted by Gasteiger charge is 2.27. The van der Waals surface area contributed by atoms with Crippen LogP contribution in [0.3, 0.4) is 0 Å². The van der Waals surface area contributed by atoms with Crippen molar-refractivity contribution in [2.24, 2.45) is 0 Å². The van der Waals surface area contributed by atoms with E-state index < -0.39 is 17.5 Å². The number of aromatic amines is 1. The number of halogens is 2. The number of benzene rings is 2. The summed E-state index contributed by atoms with van der Waals surface area (Å²) in [5.41, 5.74) is 6.09. The van der Waals surface area contributed by atoms with Gasteiger partial charge in [0, 0.05) is 29.7 Å². The van der Waals surface area contributed by atoms with Crippen molar-refractivity contribution in [3.63, 3.8) is 0 Å². The standard InChI is InChI=1S/C29H23F2N5O3/c1-15(26-34-29(37)39-35-26)25-20-7-5-16(11-18(20)14-38-23-12-19(30)6-8-21(23)25)13-36-22-9-10-24(31)32-27(22)33-28(36)17-3-2-4-17/h5-12,17H,2-4,13-14H2,1H3,(H,34,35,37). The van der Waals surface area contributed by atoms with Gasteiger partial charge in [-0.15, -0.1) is 0 Å². The van der Waals surface area contributed by atoms with Crippen molar-refractivity contribution < 1.29 is 18.0 Å². The lowest BCUT2D eigenvalue weighted by Crippen LogP contribution is -2.16. The number of hydrogen-bond donors (Lipinski definition) is 1. The van der Waals surface area contributed by atoms with Crippen molar-refractivity contribution in [2.75, 3.05) is 0 Å². The highest BCUT2D eigenvalue weighted by molar-refractivity contribution is 5.99. The molecule has 1 fully saturated rings. The Hall–Kier alpha value is -4.60. The third-order valence-corrected chi connectivity index (χ3v) is 7.63. The van der Waals surface area contributed by atoms with Gasteiger partial charge < -0.3 is 9.30 Å². The molecule has 2 aliphatic rings. The van der Waals surface area contributed by atoms with Crippen LogP contribution in [0.5, 0.6) is 5.75 Å². The van der Waals surface area contributed by atoms with E-state index in [0.29, 0.717) is 35.0 Å². The second kappa shape index (κ2) is 9.00.